The molecule has 1 aliphatic carbocycles. The predicted molar refractivity (Wildman–Crippen MR) is 73.4 cm³/mol. The molecule has 0 amide bonds. The van der Waals surface area contributed by atoms with Crippen molar-refractivity contribution in [3.8, 4) is 5.75 Å². The highest BCUT2D eigenvalue weighted by Crippen LogP contribution is 2.32. The second-order valence-corrected chi connectivity index (χ2v) is 5.37. The Morgan fingerprint density at radius 2 is 1.94 bits per heavy atom. The van der Waals surface area contributed by atoms with Crippen LogP contribution in [0.25, 0.3) is 0 Å². The van der Waals surface area contributed by atoms with Gasteiger partial charge in [-0.25, -0.2) is 0 Å². The largest absolute Gasteiger partial charge is 0.496 e. The van der Waals surface area contributed by atoms with Gasteiger partial charge in [0, 0.05) is 6.42 Å². The van der Waals surface area contributed by atoms with Crippen molar-refractivity contribution in [3.63, 3.8) is 0 Å². The summed E-state index contributed by atoms with van der Waals surface area (Å²) < 4.78 is 5.42. The number of carbonyl (C=O) groups is 1. The summed E-state index contributed by atoms with van der Waals surface area (Å²) >= 11 is 0. The summed E-state index contributed by atoms with van der Waals surface area (Å²) in [6.07, 6.45) is 5.65. The summed E-state index contributed by atoms with van der Waals surface area (Å²) in [6, 6.07) is 3.93. The zero-order valence-electron chi connectivity index (χ0n) is 11.6. The Morgan fingerprint density at radius 3 is 2.56 bits per heavy atom. The van der Waals surface area contributed by atoms with Crippen LogP contribution in [0.4, 0.5) is 0 Å². The number of Topliss-reactive ketones (excluding diaryl/α,β-unsaturated/α-hetero) is 1. The van der Waals surface area contributed by atoms with Gasteiger partial charge in [0.2, 0.25) is 0 Å². The number of benzene rings is 1. The number of ketones is 1. The topological polar surface area (TPSA) is 26.3 Å². The Labute approximate surface area is 109 Å². The van der Waals surface area contributed by atoms with E-state index in [1.165, 1.54) is 31.2 Å². The van der Waals surface area contributed by atoms with Gasteiger partial charge in [0.15, 0.2) is 5.78 Å². The Balaban J connectivity index is 2.21. The number of ether oxygens (including phenoxy) is 1. The first kappa shape index (κ1) is 13.1. The fourth-order valence-electron chi connectivity index (χ4n) is 2.86. The summed E-state index contributed by atoms with van der Waals surface area (Å²) in [6.45, 7) is 4.06. The molecule has 2 heteroatoms. The van der Waals surface area contributed by atoms with Gasteiger partial charge in [0.1, 0.15) is 5.75 Å². The minimum atomic E-state index is 0.238. The smallest absolute Gasteiger partial charge is 0.166 e. The molecule has 0 bridgehead atoms. The monoisotopic (exact) mass is 246 g/mol. The third-order valence-corrected chi connectivity index (χ3v) is 4.13. The predicted octanol–water partition coefficient (Wildman–Crippen LogP) is 4.08. The molecule has 0 spiro atoms. The highest BCUT2D eigenvalue weighted by molar-refractivity contribution is 5.99. The van der Waals surface area contributed by atoms with Crippen LogP contribution in [0.15, 0.2) is 12.1 Å². The first-order valence-corrected chi connectivity index (χ1v) is 6.81. The average Bonchev–Trinajstić information content (AvgIpc) is 2.85. The third-order valence-electron chi connectivity index (χ3n) is 4.13. The second-order valence-electron chi connectivity index (χ2n) is 5.37. The lowest BCUT2D eigenvalue weighted by atomic mass is 9.94. The maximum atomic E-state index is 12.4. The van der Waals surface area contributed by atoms with Crippen LogP contribution in [0.3, 0.4) is 0 Å². The molecule has 2 rings (SSSR count). The van der Waals surface area contributed by atoms with Crippen LogP contribution in [0.1, 0.15) is 53.6 Å². The Kier molecular flexibility index (Phi) is 4.05. The van der Waals surface area contributed by atoms with Crippen LogP contribution in [-0.4, -0.2) is 12.9 Å². The summed E-state index contributed by atoms with van der Waals surface area (Å²) in [5, 5.41) is 0. The van der Waals surface area contributed by atoms with Crippen molar-refractivity contribution in [2.24, 2.45) is 5.92 Å². The number of aryl methyl sites for hydroxylation is 1. The zero-order chi connectivity index (χ0) is 13.1. The van der Waals surface area contributed by atoms with Crippen molar-refractivity contribution in [1.29, 1.82) is 0 Å². The molecule has 1 fully saturated rings. The van der Waals surface area contributed by atoms with E-state index in [9.17, 15) is 4.79 Å². The van der Waals surface area contributed by atoms with E-state index in [0.717, 1.165) is 16.9 Å². The van der Waals surface area contributed by atoms with E-state index in [-0.39, 0.29) is 5.78 Å². The third kappa shape index (κ3) is 2.58. The van der Waals surface area contributed by atoms with Crippen LogP contribution in [0.5, 0.6) is 5.75 Å². The molecule has 1 saturated carbocycles. The molecule has 0 aliphatic heterocycles. The maximum Gasteiger partial charge on any atom is 0.166 e. The summed E-state index contributed by atoms with van der Waals surface area (Å²) in [7, 11) is 1.65. The average molecular weight is 246 g/mol. The second kappa shape index (κ2) is 5.55. The first-order valence-electron chi connectivity index (χ1n) is 6.81. The summed E-state index contributed by atoms with van der Waals surface area (Å²) in [4.78, 5) is 12.4. The molecule has 0 N–H and O–H groups in total. The van der Waals surface area contributed by atoms with Crippen molar-refractivity contribution >= 4 is 5.78 Å². The van der Waals surface area contributed by atoms with Crippen molar-refractivity contribution < 1.29 is 9.53 Å². The molecule has 0 unspecified atom stereocenters. The van der Waals surface area contributed by atoms with Gasteiger partial charge in [0.25, 0.3) is 0 Å². The van der Waals surface area contributed by atoms with Crippen molar-refractivity contribution in [3.05, 3.63) is 28.8 Å². The lowest BCUT2D eigenvalue weighted by Crippen LogP contribution is -2.08. The molecule has 98 valence electrons. The van der Waals surface area contributed by atoms with Gasteiger partial charge in [-0.1, -0.05) is 31.7 Å². The van der Waals surface area contributed by atoms with Crippen molar-refractivity contribution in [2.45, 2.75) is 46.0 Å². The number of hydrogen-bond acceptors (Lipinski definition) is 2. The van der Waals surface area contributed by atoms with Crippen molar-refractivity contribution in [2.75, 3.05) is 7.11 Å². The lowest BCUT2D eigenvalue weighted by Gasteiger charge is -2.14. The minimum absolute atomic E-state index is 0.238. The Bertz CT molecular complexity index is 443. The standard InChI is InChI=1S/C16H22O2/c1-11-8-9-14(16(18-3)12(11)2)15(17)10-13-6-4-5-7-13/h8-9,13H,4-7,10H2,1-3H3. The van der Waals surface area contributed by atoms with E-state index in [0.29, 0.717) is 12.3 Å². The van der Waals surface area contributed by atoms with Gasteiger partial charge in [-0.3, -0.25) is 4.79 Å². The molecule has 0 radical (unpaired) electrons. The number of methoxy groups -OCH3 is 1. The van der Waals surface area contributed by atoms with E-state index in [4.69, 9.17) is 4.74 Å². The van der Waals surface area contributed by atoms with Crippen LogP contribution >= 0.6 is 0 Å². The van der Waals surface area contributed by atoms with Gasteiger partial charge < -0.3 is 4.74 Å². The SMILES string of the molecule is COc1c(C(=O)CC2CCCC2)ccc(C)c1C. The fourth-order valence-corrected chi connectivity index (χ4v) is 2.86. The summed E-state index contributed by atoms with van der Waals surface area (Å²) in [5.74, 6) is 1.59. The molecule has 0 aromatic heterocycles. The van der Waals surface area contributed by atoms with E-state index in [1.54, 1.807) is 7.11 Å². The summed E-state index contributed by atoms with van der Waals surface area (Å²) in [5.41, 5.74) is 3.01. The zero-order valence-corrected chi connectivity index (χ0v) is 11.6. The first-order chi connectivity index (χ1) is 8.63. The molecular weight excluding hydrogens is 224 g/mol. The van der Waals surface area contributed by atoms with Gasteiger partial charge in [-0.15, -0.1) is 0 Å². The van der Waals surface area contributed by atoms with Crippen LogP contribution in [0, 0.1) is 19.8 Å². The lowest BCUT2D eigenvalue weighted by molar-refractivity contribution is 0.0959. The van der Waals surface area contributed by atoms with Gasteiger partial charge in [0.05, 0.1) is 12.7 Å². The molecule has 1 aromatic rings. The Morgan fingerprint density at radius 1 is 1.28 bits per heavy atom. The van der Waals surface area contributed by atoms with Crippen LogP contribution in [0.2, 0.25) is 0 Å². The van der Waals surface area contributed by atoms with E-state index >= 15 is 0 Å². The van der Waals surface area contributed by atoms with Gasteiger partial charge >= 0.3 is 0 Å². The van der Waals surface area contributed by atoms with Crippen LogP contribution < -0.4 is 4.74 Å². The normalized spacial score (nSPS) is 15.9. The number of carbonyl (C=O) groups excluding carboxylic acids is 1. The van der Waals surface area contributed by atoms with Crippen LogP contribution in [-0.2, 0) is 0 Å². The minimum Gasteiger partial charge on any atom is -0.496 e. The van der Waals surface area contributed by atoms with E-state index < -0.39 is 0 Å². The molecule has 1 aromatic carbocycles. The Hall–Kier alpha value is -1.31. The van der Waals surface area contributed by atoms with E-state index in [1.807, 2.05) is 26.0 Å². The molecule has 18 heavy (non-hydrogen) atoms. The maximum absolute atomic E-state index is 12.4. The highest BCUT2D eigenvalue weighted by atomic mass is 16.5. The molecule has 0 atom stereocenters. The molecule has 2 nitrogen and oxygen atoms in total. The number of rotatable bonds is 4. The molecule has 0 heterocycles. The van der Waals surface area contributed by atoms with E-state index in [2.05, 4.69) is 0 Å². The number of hydrogen-bond donors (Lipinski definition) is 0. The molecule has 0 saturated heterocycles. The quantitative estimate of drug-likeness (QED) is 0.748. The molecular formula is C16H22O2. The van der Waals surface area contributed by atoms with Gasteiger partial charge in [-0.2, -0.15) is 0 Å². The highest BCUT2D eigenvalue weighted by Gasteiger charge is 2.22. The molecule has 1 aliphatic rings. The van der Waals surface area contributed by atoms with Gasteiger partial charge in [-0.05, 0) is 37.0 Å². The fraction of sp³-hybridized carbons (Fsp3) is 0.562. The van der Waals surface area contributed by atoms with Crippen molar-refractivity contribution in [1.82, 2.24) is 0 Å².